The zero-order valence-corrected chi connectivity index (χ0v) is 12.1. The number of hydrogen-bond acceptors (Lipinski definition) is 4. The first-order valence-electron chi connectivity index (χ1n) is 6.72. The predicted molar refractivity (Wildman–Crippen MR) is 77.1 cm³/mol. The van der Waals surface area contributed by atoms with E-state index in [0.29, 0.717) is 36.7 Å². The summed E-state index contributed by atoms with van der Waals surface area (Å²) in [6.45, 7) is 1.74. The van der Waals surface area contributed by atoms with E-state index in [1.807, 2.05) is 6.07 Å². The van der Waals surface area contributed by atoms with Crippen LogP contribution in [0.25, 0.3) is 0 Å². The van der Waals surface area contributed by atoms with E-state index in [2.05, 4.69) is 0 Å². The van der Waals surface area contributed by atoms with Gasteiger partial charge < -0.3 is 5.73 Å². The standard InChI is InChI=1S/C14H19N3O2S/c15-9-12-1-3-14(4-2-12)11-20(18,19)17-7-5-13(10-16)6-8-17/h1-4,13H,5-8,10-11,16H2. The summed E-state index contributed by atoms with van der Waals surface area (Å²) in [7, 11) is -3.28. The van der Waals surface area contributed by atoms with Gasteiger partial charge in [-0.05, 0) is 43.0 Å². The van der Waals surface area contributed by atoms with Gasteiger partial charge >= 0.3 is 0 Å². The van der Waals surface area contributed by atoms with Gasteiger partial charge in [-0.15, -0.1) is 0 Å². The molecule has 1 aliphatic rings. The predicted octanol–water partition coefficient (Wildman–Crippen LogP) is 1.06. The normalized spacial score (nSPS) is 17.8. The Morgan fingerprint density at radius 1 is 1.25 bits per heavy atom. The van der Waals surface area contributed by atoms with Crippen LogP contribution < -0.4 is 5.73 Å². The van der Waals surface area contributed by atoms with Gasteiger partial charge in [-0.3, -0.25) is 0 Å². The second kappa shape index (κ2) is 6.35. The molecule has 1 aromatic carbocycles. The third-order valence-electron chi connectivity index (χ3n) is 3.73. The van der Waals surface area contributed by atoms with Crippen molar-refractivity contribution < 1.29 is 8.42 Å². The molecular weight excluding hydrogens is 274 g/mol. The molecule has 6 heteroatoms. The summed E-state index contributed by atoms with van der Waals surface area (Å²) in [5.74, 6) is 0.433. The highest BCUT2D eigenvalue weighted by Crippen LogP contribution is 2.20. The van der Waals surface area contributed by atoms with Gasteiger partial charge in [0.2, 0.25) is 10.0 Å². The van der Waals surface area contributed by atoms with Crippen molar-refractivity contribution in [2.75, 3.05) is 19.6 Å². The first-order valence-corrected chi connectivity index (χ1v) is 8.33. The molecule has 0 amide bonds. The number of nitrogens with zero attached hydrogens (tertiary/aromatic N) is 2. The van der Waals surface area contributed by atoms with Crippen molar-refractivity contribution >= 4 is 10.0 Å². The Hall–Kier alpha value is -1.42. The molecule has 2 rings (SSSR count). The van der Waals surface area contributed by atoms with Crippen LogP contribution in [0.5, 0.6) is 0 Å². The highest BCUT2D eigenvalue weighted by Gasteiger charge is 2.27. The molecule has 1 aliphatic heterocycles. The molecule has 5 nitrogen and oxygen atoms in total. The van der Waals surface area contributed by atoms with E-state index < -0.39 is 10.0 Å². The molecule has 0 saturated carbocycles. The van der Waals surface area contributed by atoms with Gasteiger partial charge in [0, 0.05) is 13.1 Å². The van der Waals surface area contributed by atoms with Gasteiger partial charge in [0.25, 0.3) is 0 Å². The minimum Gasteiger partial charge on any atom is -0.330 e. The number of benzene rings is 1. The molecule has 0 unspecified atom stereocenters. The van der Waals surface area contributed by atoms with Gasteiger partial charge in [0.1, 0.15) is 0 Å². The second-order valence-corrected chi connectivity index (χ2v) is 7.11. The maximum Gasteiger partial charge on any atom is 0.218 e. The molecule has 0 radical (unpaired) electrons. The molecule has 0 aliphatic carbocycles. The average Bonchev–Trinajstić information content (AvgIpc) is 2.48. The van der Waals surface area contributed by atoms with Crippen molar-refractivity contribution in [3.05, 3.63) is 35.4 Å². The number of sulfonamides is 1. The molecule has 0 bridgehead atoms. The van der Waals surface area contributed by atoms with Crippen LogP contribution in [0.3, 0.4) is 0 Å². The van der Waals surface area contributed by atoms with E-state index >= 15 is 0 Å². The Kier molecular flexibility index (Phi) is 4.76. The largest absolute Gasteiger partial charge is 0.330 e. The van der Waals surface area contributed by atoms with Crippen molar-refractivity contribution in [1.29, 1.82) is 5.26 Å². The van der Waals surface area contributed by atoms with Crippen molar-refractivity contribution in [1.82, 2.24) is 4.31 Å². The van der Waals surface area contributed by atoms with Gasteiger partial charge in [0.05, 0.1) is 17.4 Å². The summed E-state index contributed by atoms with van der Waals surface area (Å²) in [6, 6.07) is 8.70. The van der Waals surface area contributed by atoms with E-state index in [1.54, 1.807) is 28.6 Å². The van der Waals surface area contributed by atoms with Crippen LogP contribution in [0.2, 0.25) is 0 Å². The molecule has 1 heterocycles. The van der Waals surface area contributed by atoms with E-state index in [0.717, 1.165) is 12.8 Å². The fourth-order valence-corrected chi connectivity index (χ4v) is 3.96. The lowest BCUT2D eigenvalue weighted by molar-refractivity contribution is 0.278. The van der Waals surface area contributed by atoms with Crippen LogP contribution in [0.1, 0.15) is 24.0 Å². The Morgan fingerprint density at radius 2 is 1.85 bits per heavy atom. The minimum absolute atomic E-state index is 0.00794. The molecule has 1 aromatic rings. The first kappa shape index (κ1) is 15.0. The third-order valence-corrected chi connectivity index (χ3v) is 5.58. The maximum absolute atomic E-state index is 12.3. The van der Waals surface area contributed by atoms with E-state index in [9.17, 15) is 8.42 Å². The summed E-state index contributed by atoms with van der Waals surface area (Å²) in [5.41, 5.74) is 6.86. The maximum atomic E-state index is 12.3. The molecular formula is C14H19N3O2S. The lowest BCUT2D eigenvalue weighted by Crippen LogP contribution is -2.40. The summed E-state index contributed by atoms with van der Waals surface area (Å²) >= 11 is 0. The Morgan fingerprint density at radius 3 is 2.35 bits per heavy atom. The smallest absolute Gasteiger partial charge is 0.218 e. The third kappa shape index (κ3) is 3.57. The Labute approximate surface area is 120 Å². The molecule has 0 spiro atoms. The van der Waals surface area contributed by atoms with Gasteiger partial charge in [0.15, 0.2) is 0 Å². The number of nitriles is 1. The van der Waals surface area contributed by atoms with Crippen LogP contribution in [0.15, 0.2) is 24.3 Å². The summed E-state index contributed by atoms with van der Waals surface area (Å²) < 4.78 is 26.2. The summed E-state index contributed by atoms with van der Waals surface area (Å²) in [5, 5.41) is 8.73. The molecule has 0 aromatic heterocycles. The zero-order chi connectivity index (χ0) is 14.6. The van der Waals surface area contributed by atoms with E-state index in [4.69, 9.17) is 11.0 Å². The van der Waals surface area contributed by atoms with Crippen LogP contribution in [-0.2, 0) is 15.8 Å². The van der Waals surface area contributed by atoms with Crippen molar-refractivity contribution in [3.63, 3.8) is 0 Å². The van der Waals surface area contributed by atoms with Gasteiger partial charge in [-0.2, -0.15) is 5.26 Å². The highest BCUT2D eigenvalue weighted by atomic mass is 32.2. The molecule has 108 valence electrons. The van der Waals surface area contributed by atoms with Crippen LogP contribution in [-0.4, -0.2) is 32.4 Å². The van der Waals surface area contributed by atoms with Crippen LogP contribution in [0.4, 0.5) is 0 Å². The Bertz CT molecular complexity index is 582. The zero-order valence-electron chi connectivity index (χ0n) is 11.3. The summed E-state index contributed by atoms with van der Waals surface area (Å²) in [6.07, 6.45) is 1.67. The summed E-state index contributed by atoms with van der Waals surface area (Å²) in [4.78, 5) is 0. The fourth-order valence-electron chi connectivity index (χ4n) is 2.40. The monoisotopic (exact) mass is 293 g/mol. The van der Waals surface area contributed by atoms with Crippen molar-refractivity contribution in [2.45, 2.75) is 18.6 Å². The fraction of sp³-hybridized carbons (Fsp3) is 0.500. The molecule has 0 atom stereocenters. The molecule has 2 N–H and O–H groups in total. The number of hydrogen-bond donors (Lipinski definition) is 1. The Balaban J connectivity index is 2.02. The lowest BCUT2D eigenvalue weighted by Gasteiger charge is -2.30. The second-order valence-electron chi connectivity index (χ2n) is 5.14. The van der Waals surface area contributed by atoms with Crippen LogP contribution in [0, 0.1) is 17.2 Å². The molecule has 20 heavy (non-hydrogen) atoms. The van der Waals surface area contributed by atoms with Gasteiger partial charge in [-0.1, -0.05) is 12.1 Å². The first-order chi connectivity index (χ1) is 9.55. The lowest BCUT2D eigenvalue weighted by atomic mass is 9.99. The van der Waals surface area contributed by atoms with E-state index in [-0.39, 0.29) is 5.75 Å². The number of nitrogens with two attached hydrogens (primary N) is 1. The number of rotatable bonds is 4. The van der Waals surface area contributed by atoms with Crippen molar-refractivity contribution in [3.8, 4) is 6.07 Å². The van der Waals surface area contributed by atoms with Gasteiger partial charge in [-0.25, -0.2) is 12.7 Å². The number of piperidine rings is 1. The van der Waals surface area contributed by atoms with Crippen LogP contribution >= 0.6 is 0 Å². The van der Waals surface area contributed by atoms with Crippen molar-refractivity contribution in [2.24, 2.45) is 11.7 Å². The topological polar surface area (TPSA) is 87.2 Å². The molecule has 1 saturated heterocycles. The average molecular weight is 293 g/mol. The quantitative estimate of drug-likeness (QED) is 0.899. The SMILES string of the molecule is N#Cc1ccc(CS(=O)(=O)N2CCC(CN)CC2)cc1. The highest BCUT2D eigenvalue weighted by molar-refractivity contribution is 7.88. The minimum atomic E-state index is -3.28. The van der Waals surface area contributed by atoms with E-state index in [1.165, 1.54) is 0 Å². The molecule has 1 fully saturated rings.